The highest BCUT2D eigenvalue weighted by Crippen LogP contribution is 2.49. The maximum Gasteiger partial charge on any atom is 0.416 e. The molecule has 0 aliphatic carbocycles. The Hall–Kier alpha value is -3.06. The van der Waals surface area contributed by atoms with E-state index in [0.717, 1.165) is 24.3 Å². The number of rotatable bonds is 2. The van der Waals surface area contributed by atoms with Gasteiger partial charge < -0.3 is 26.2 Å². The summed E-state index contributed by atoms with van der Waals surface area (Å²) >= 11 is 0. The van der Waals surface area contributed by atoms with Gasteiger partial charge in [0.05, 0.1) is 24.2 Å². The fourth-order valence-corrected chi connectivity index (χ4v) is 4.31. The van der Waals surface area contributed by atoms with Crippen molar-refractivity contribution in [1.82, 2.24) is 9.96 Å². The molecule has 1 saturated heterocycles. The third-order valence-electron chi connectivity index (χ3n) is 5.82. The number of alkyl halides is 3. The second-order valence-corrected chi connectivity index (χ2v) is 7.47. The lowest BCUT2D eigenvalue weighted by molar-refractivity contribution is -0.224. The number of hydroxylamine groups is 2. The Morgan fingerprint density at radius 2 is 1.90 bits per heavy atom. The van der Waals surface area contributed by atoms with E-state index in [0.29, 0.717) is 5.06 Å². The molecule has 1 aromatic carbocycles. The van der Waals surface area contributed by atoms with E-state index in [1.807, 2.05) is 0 Å². The standard InChI is InChI=1S/C17H19F3N6O4/c1-15(28)11(30-12(27)8-2-4-9(5-3-8)17(18,19)20)7-25-13(21)23-6-10-16(15,25)26(29)14(22)24-10/h2-5,10-11,28-29H,6-7H2,1H3,(H2,21,23)(H2,22,24)/t10?,11-,15-,16?/m0/s1. The van der Waals surface area contributed by atoms with Gasteiger partial charge in [-0.15, -0.1) is 0 Å². The molecule has 1 spiro atoms. The van der Waals surface area contributed by atoms with E-state index in [4.69, 9.17) is 16.2 Å². The number of aliphatic hydroxyl groups is 1. The van der Waals surface area contributed by atoms with Crippen molar-refractivity contribution in [2.45, 2.75) is 36.5 Å². The molecule has 30 heavy (non-hydrogen) atoms. The average molecular weight is 428 g/mol. The van der Waals surface area contributed by atoms with Gasteiger partial charge in [0.1, 0.15) is 11.6 Å². The van der Waals surface area contributed by atoms with Crippen LogP contribution in [0, 0.1) is 0 Å². The first-order valence-electron chi connectivity index (χ1n) is 8.91. The lowest BCUT2D eigenvalue weighted by Gasteiger charge is -2.50. The molecule has 13 heteroatoms. The summed E-state index contributed by atoms with van der Waals surface area (Å²) < 4.78 is 43.6. The fourth-order valence-electron chi connectivity index (χ4n) is 4.31. The van der Waals surface area contributed by atoms with Gasteiger partial charge in [0.15, 0.2) is 17.7 Å². The van der Waals surface area contributed by atoms with E-state index in [1.54, 1.807) is 0 Å². The minimum atomic E-state index is -4.54. The minimum Gasteiger partial charge on any atom is -0.454 e. The molecule has 0 saturated carbocycles. The van der Waals surface area contributed by atoms with Gasteiger partial charge in [-0.2, -0.15) is 18.2 Å². The number of aliphatic imine (C=N–C) groups is 2. The number of halogens is 3. The Morgan fingerprint density at radius 1 is 1.27 bits per heavy atom. The van der Waals surface area contributed by atoms with Crippen molar-refractivity contribution in [3.8, 4) is 0 Å². The monoisotopic (exact) mass is 428 g/mol. The van der Waals surface area contributed by atoms with Crippen LogP contribution in [0.1, 0.15) is 22.8 Å². The third kappa shape index (κ3) is 2.55. The zero-order valence-electron chi connectivity index (χ0n) is 15.7. The van der Waals surface area contributed by atoms with Crippen molar-refractivity contribution >= 4 is 17.9 Å². The first-order valence-corrected chi connectivity index (χ1v) is 8.91. The first kappa shape index (κ1) is 20.2. The number of carbonyl (C=O) groups is 1. The van der Waals surface area contributed by atoms with Crippen molar-refractivity contribution in [3.63, 3.8) is 0 Å². The Bertz CT molecular complexity index is 948. The highest BCUT2D eigenvalue weighted by Gasteiger charge is 2.74. The molecule has 1 fully saturated rings. The Labute approximate surface area is 168 Å². The number of guanidine groups is 2. The molecule has 4 rings (SSSR count). The lowest BCUT2D eigenvalue weighted by atomic mass is 9.82. The molecule has 0 amide bonds. The van der Waals surface area contributed by atoms with Gasteiger partial charge in [-0.3, -0.25) is 10.2 Å². The number of esters is 1. The lowest BCUT2D eigenvalue weighted by Crippen LogP contribution is -2.75. The second-order valence-electron chi connectivity index (χ2n) is 7.47. The van der Waals surface area contributed by atoms with Gasteiger partial charge in [0.25, 0.3) is 0 Å². The molecule has 0 radical (unpaired) electrons. The normalized spacial score (nSPS) is 33.0. The molecular weight excluding hydrogens is 409 g/mol. The maximum absolute atomic E-state index is 12.7. The predicted molar refractivity (Wildman–Crippen MR) is 96.2 cm³/mol. The smallest absolute Gasteiger partial charge is 0.416 e. The molecule has 3 aliphatic heterocycles. The summed E-state index contributed by atoms with van der Waals surface area (Å²) in [5.74, 6) is -1.22. The summed E-state index contributed by atoms with van der Waals surface area (Å²) in [6, 6.07) is 2.68. The number of hydrogen-bond donors (Lipinski definition) is 4. The fraction of sp³-hybridized carbons (Fsp3) is 0.471. The molecule has 0 bridgehead atoms. The van der Waals surface area contributed by atoms with E-state index < -0.39 is 41.1 Å². The number of ether oxygens (including phenoxy) is 1. The van der Waals surface area contributed by atoms with Gasteiger partial charge in [0, 0.05) is 0 Å². The van der Waals surface area contributed by atoms with Crippen molar-refractivity contribution in [2.75, 3.05) is 13.1 Å². The molecule has 10 nitrogen and oxygen atoms in total. The number of nitrogens with zero attached hydrogens (tertiary/aromatic N) is 4. The van der Waals surface area contributed by atoms with Gasteiger partial charge in [0.2, 0.25) is 5.96 Å². The van der Waals surface area contributed by atoms with Crippen LogP contribution >= 0.6 is 0 Å². The van der Waals surface area contributed by atoms with Gasteiger partial charge >= 0.3 is 12.1 Å². The zero-order valence-corrected chi connectivity index (χ0v) is 15.7. The van der Waals surface area contributed by atoms with E-state index in [-0.39, 0.29) is 30.6 Å². The van der Waals surface area contributed by atoms with Crippen LogP contribution in [0.3, 0.4) is 0 Å². The number of nitrogens with two attached hydrogens (primary N) is 2. The van der Waals surface area contributed by atoms with Crippen molar-refractivity contribution in [1.29, 1.82) is 0 Å². The Morgan fingerprint density at radius 3 is 2.50 bits per heavy atom. The highest BCUT2D eigenvalue weighted by molar-refractivity contribution is 5.90. The van der Waals surface area contributed by atoms with Crippen LogP contribution < -0.4 is 11.5 Å². The van der Waals surface area contributed by atoms with E-state index in [2.05, 4.69) is 9.98 Å². The van der Waals surface area contributed by atoms with Crippen LogP contribution in [0.4, 0.5) is 13.2 Å². The van der Waals surface area contributed by atoms with Crippen LogP contribution in [0.2, 0.25) is 0 Å². The average Bonchev–Trinajstić information content (AvgIpc) is 3.07. The molecule has 2 unspecified atom stereocenters. The summed E-state index contributed by atoms with van der Waals surface area (Å²) in [4.78, 5) is 22.1. The highest BCUT2D eigenvalue weighted by atomic mass is 19.4. The molecule has 0 aromatic heterocycles. The van der Waals surface area contributed by atoms with E-state index in [1.165, 1.54) is 11.8 Å². The summed E-state index contributed by atoms with van der Waals surface area (Å²) in [5, 5.41) is 22.5. The minimum absolute atomic E-state index is 0.0106. The molecular formula is C17H19F3N6O4. The van der Waals surface area contributed by atoms with Crippen molar-refractivity contribution in [2.24, 2.45) is 21.5 Å². The zero-order chi connectivity index (χ0) is 22.1. The molecule has 6 N–H and O–H groups in total. The Balaban J connectivity index is 1.62. The summed E-state index contributed by atoms with van der Waals surface area (Å²) in [5.41, 5.74) is 7.08. The Kier molecular flexibility index (Phi) is 4.19. The third-order valence-corrected chi connectivity index (χ3v) is 5.82. The van der Waals surface area contributed by atoms with Crippen LogP contribution in [-0.4, -0.2) is 74.7 Å². The van der Waals surface area contributed by atoms with Gasteiger partial charge in [-0.1, -0.05) is 0 Å². The number of hydrogen-bond acceptors (Lipinski definition) is 10. The van der Waals surface area contributed by atoms with Crippen LogP contribution in [-0.2, 0) is 10.9 Å². The van der Waals surface area contributed by atoms with Crippen LogP contribution in [0.5, 0.6) is 0 Å². The number of benzene rings is 1. The van der Waals surface area contributed by atoms with Gasteiger partial charge in [-0.05, 0) is 31.2 Å². The molecule has 4 atom stereocenters. The van der Waals surface area contributed by atoms with E-state index >= 15 is 0 Å². The topological polar surface area (TPSA) is 150 Å². The van der Waals surface area contributed by atoms with Gasteiger partial charge in [-0.25, -0.2) is 9.79 Å². The predicted octanol–water partition coefficient (Wildman–Crippen LogP) is -0.290. The van der Waals surface area contributed by atoms with E-state index in [9.17, 15) is 28.3 Å². The summed E-state index contributed by atoms with van der Waals surface area (Å²) in [6.07, 6.45) is -5.77. The largest absolute Gasteiger partial charge is 0.454 e. The maximum atomic E-state index is 12.7. The summed E-state index contributed by atoms with van der Waals surface area (Å²) in [6.45, 7) is 1.22. The van der Waals surface area contributed by atoms with Crippen molar-refractivity contribution < 1.29 is 33.0 Å². The SMILES string of the molecule is C[C@]1(O)[C@@H](OC(=O)c2ccc(C(F)(F)F)cc2)CN2C(N)=NCC3N=C(N)N(O)C321. The van der Waals surface area contributed by atoms with Crippen molar-refractivity contribution in [3.05, 3.63) is 35.4 Å². The van der Waals surface area contributed by atoms with Crippen LogP contribution in [0.25, 0.3) is 0 Å². The van der Waals surface area contributed by atoms with Crippen LogP contribution in [0.15, 0.2) is 34.3 Å². The molecule has 1 aromatic rings. The molecule has 3 heterocycles. The molecule has 162 valence electrons. The number of carbonyl (C=O) groups excluding carboxylic acids is 1. The second kappa shape index (κ2) is 6.22. The quantitative estimate of drug-likeness (QED) is 0.470. The first-order chi connectivity index (χ1) is 13.9. The summed E-state index contributed by atoms with van der Waals surface area (Å²) in [7, 11) is 0. The molecule has 3 aliphatic rings.